The fraction of sp³-hybridized carbons (Fsp3) is 0.722. The van der Waals surface area contributed by atoms with Gasteiger partial charge in [-0.15, -0.1) is 35.3 Å². The summed E-state index contributed by atoms with van der Waals surface area (Å²) in [6.45, 7) is 2.27. The summed E-state index contributed by atoms with van der Waals surface area (Å²) in [6, 6.07) is 0.263. The number of nitrogens with one attached hydrogen (secondary N) is 2. The van der Waals surface area contributed by atoms with Crippen molar-refractivity contribution in [3.63, 3.8) is 0 Å². The third-order valence-corrected chi connectivity index (χ3v) is 6.19. The van der Waals surface area contributed by atoms with Crippen LogP contribution in [0.25, 0.3) is 0 Å². The van der Waals surface area contributed by atoms with E-state index in [0.29, 0.717) is 12.5 Å². The second kappa shape index (κ2) is 10.4. The van der Waals surface area contributed by atoms with Crippen molar-refractivity contribution < 1.29 is 4.79 Å². The Hall–Kier alpha value is -1.10. The monoisotopic (exact) mass is 506 g/mol. The van der Waals surface area contributed by atoms with Crippen LogP contribution in [0.15, 0.2) is 10.4 Å². The van der Waals surface area contributed by atoms with Gasteiger partial charge in [-0.2, -0.15) is 0 Å². The van der Waals surface area contributed by atoms with Crippen LogP contribution in [0.5, 0.6) is 0 Å². The van der Waals surface area contributed by atoms with E-state index in [1.807, 2.05) is 23.9 Å². The van der Waals surface area contributed by atoms with Crippen LogP contribution in [-0.4, -0.2) is 62.0 Å². The van der Waals surface area contributed by atoms with E-state index in [1.165, 1.54) is 12.8 Å². The summed E-state index contributed by atoms with van der Waals surface area (Å²) in [5.41, 5.74) is 1.01. The molecular weight excluding hydrogens is 475 g/mol. The molecule has 0 radical (unpaired) electrons. The molecule has 2 aliphatic rings. The zero-order valence-electron chi connectivity index (χ0n) is 16.4. The summed E-state index contributed by atoms with van der Waals surface area (Å²) >= 11 is 1.64. The van der Waals surface area contributed by atoms with Crippen LogP contribution in [0.4, 0.5) is 5.13 Å². The fourth-order valence-corrected chi connectivity index (χ4v) is 4.41. The number of halogens is 1. The first kappa shape index (κ1) is 22.2. The molecular formula is C18H31IN6OS. The van der Waals surface area contributed by atoms with Crippen LogP contribution in [0.3, 0.4) is 0 Å². The number of anilines is 1. The maximum absolute atomic E-state index is 12.6. The maximum Gasteiger partial charge on any atom is 0.225 e. The first-order valence-electron chi connectivity index (χ1n) is 9.44. The lowest BCUT2D eigenvalue weighted by Crippen LogP contribution is -2.45. The number of aromatic nitrogens is 1. The van der Waals surface area contributed by atoms with E-state index >= 15 is 0 Å². The standard InChI is InChI=1S/C18H30N6OS.HI/c1-19-17(20-10-15-12-26-18(22-15)23(2)3)21-14-8-9-24(11-14)16(25)13-6-4-5-7-13;/h12-14H,4-11H2,1-3H3,(H2,19,20,21);1H. The number of nitrogens with zero attached hydrogens (tertiary/aromatic N) is 4. The van der Waals surface area contributed by atoms with E-state index in [9.17, 15) is 4.79 Å². The van der Waals surface area contributed by atoms with E-state index < -0.39 is 0 Å². The van der Waals surface area contributed by atoms with Crippen molar-refractivity contribution >= 4 is 52.3 Å². The Bertz CT molecular complexity index is 644. The molecule has 1 aromatic rings. The first-order chi connectivity index (χ1) is 12.6. The van der Waals surface area contributed by atoms with Crippen LogP contribution in [0.2, 0.25) is 0 Å². The molecule has 0 aromatic carbocycles. The quantitative estimate of drug-likeness (QED) is 0.364. The Morgan fingerprint density at radius 2 is 2.11 bits per heavy atom. The van der Waals surface area contributed by atoms with Gasteiger partial charge in [-0.3, -0.25) is 9.79 Å². The Balaban J connectivity index is 0.00000261. The van der Waals surface area contributed by atoms with E-state index in [2.05, 4.69) is 26.0 Å². The number of hydrogen-bond acceptors (Lipinski definition) is 5. The fourth-order valence-electron chi connectivity index (χ4n) is 3.65. The minimum absolute atomic E-state index is 0. The number of aliphatic imine (C=N–C) groups is 1. The lowest BCUT2D eigenvalue weighted by Gasteiger charge is -2.21. The van der Waals surface area contributed by atoms with Crippen molar-refractivity contribution in [3.05, 3.63) is 11.1 Å². The van der Waals surface area contributed by atoms with Crippen molar-refractivity contribution in [1.82, 2.24) is 20.5 Å². The van der Waals surface area contributed by atoms with E-state index in [4.69, 9.17) is 0 Å². The lowest BCUT2D eigenvalue weighted by atomic mass is 10.1. The highest BCUT2D eigenvalue weighted by Crippen LogP contribution is 2.27. The maximum atomic E-state index is 12.6. The molecule has 152 valence electrons. The molecule has 0 bridgehead atoms. The second-order valence-corrected chi connectivity index (χ2v) is 8.17. The minimum Gasteiger partial charge on any atom is -0.354 e. The third kappa shape index (κ3) is 5.94. The number of carbonyl (C=O) groups is 1. The average Bonchev–Trinajstić information content (AvgIpc) is 3.39. The third-order valence-electron chi connectivity index (χ3n) is 5.13. The van der Waals surface area contributed by atoms with Gasteiger partial charge in [0.2, 0.25) is 5.91 Å². The van der Waals surface area contributed by atoms with Crippen LogP contribution in [0, 0.1) is 5.92 Å². The predicted octanol–water partition coefficient (Wildman–Crippen LogP) is 2.28. The van der Waals surface area contributed by atoms with Gasteiger partial charge in [-0.1, -0.05) is 12.8 Å². The Labute approximate surface area is 183 Å². The van der Waals surface area contributed by atoms with Gasteiger partial charge in [0.25, 0.3) is 0 Å². The van der Waals surface area contributed by atoms with Gasteiger partial charge in [-0.05, 0) is 19.3 Å². The topological polar surface area (TPSA) is 72.9 Å². The molecule has 9 heteroatoms. The van der Waals surface area contributed by atoms with Gasteiger partial charge in [0.15, 0.2) is 11.1 Å². The van der Waals surface area contributed by atoms with Crippen molar-refractivity contribution in [2.24, 2.45) is 10.9 Å². The number of hydrogen-bond donors (Lipinski definition) is 2. The van der Waals surface area contributed by atoms with Crippen LogP contribution in [0.1, 0.15) is 37.8 Å². The number of thiazole rings is 1. The normalized spacial score (nSPS) is 20.5. The summed E-state index contributed by atoms with van der Waals surface area (Å²) in [6.07, 6.45) is 5.52. The van der Waals surface area contributed by atoms with E-state index in [0.717, 1.165) is 49.1 Å². The second-order valence-electron chi connectivity index (χ2n) is 7.34. The molecule has 1 unspecified atom stereocenters. The summed E-state index contributed by atoms with van der Waals surface area (Å²) in [7, 11) is 5.77. The molecule has 1 aromatic heterocycles. The number of likely N-dealkylation sites (tertiary alicyclic amines) is 1. The van der Waals surface area contributed by atoms with Crippen molar-refractivity contribution in [2.45, 2.75) is 44.7 Å². The van der Waals surface area contributed by atoms with Crippen LogP contribution < -0.4 is 15.5 Å². The Morgan fingerprint density at radius 1 is 1.37 bits per heavy atom. The van der Waals surface area contributed by atoms with Crippen molar-refractivity contribution in [2.75, 3.05) is 39.1 Å². The van der Waals surface area contributed by atoms with Gasteiger partial charge < -0.3 is 20.4 Å². The average molecular weight is 506 g/mol. The molecule has 0 spiro atoms. The van der Waals surface area contributed by atoms with Crippen LogP contribution >= 0.6 is 35.3 Å². The Morgan fingerprint density at radius 3 is 2.74 bits per heavy atom. The molecule has 1 aliphatic heterocycles. The van der Waals surface area contributed by atoms with E-state index in [1.54, 1.807) is 18.4 Å². The molecule has 7 nitrogen and oxygen atoms in total. The van der Waals surface area contributed by atoms with Gasteiger partial charge in [0, 0.05) is 51.6 Å². The molecule has 1 saturated carbocycles. The highest BCUT2D eigenvalue weighted by molar-refractivity contribution is 14.0. The molecule has 3 rings (SSSR count). The van der Waals surface area contributed by atoms with E-state index in [-0.39, 0.29) is 35.9 Å². The van der Waals surface area contributed by atoms with Gasteiger partial charge in [-0.25, -0.2) is 4.98 Å². The highest BCUT2D eigenvalue weighted by Gasteiger charge is 2.32. The molecule has 1 atom stereocenters. The summed E-state index contributed by atoms with van der Waals surface area (Å²) < 4.78 is 0. The number of amides is 1. The zero-order chi connectivity index (χ0) is 18.5. The van der Waals surface area contributed by atoms with Crippen LogP contribution in [-0.2, 0) is 11.3 Å². The summed E-state index contributed by atoms with van der Waals surface area (Å²) in [5.74, 6) is 1.39. The highest BCUT2D eigenvalue weighted by atomic mass is 127. The van der Waals surface area contributed by atoms with Gasteiger partial charge in [0.05, 0.1) is 12.2 Å². The van der Waals surface area contributed by atoms with Crippen molar-refractivity contribution in [3.8, 4) is 0 Å². The molecule has 1 amide bonds. The zero-order valence-corrected chi connectivity index (χ0v) is 19.5. The molecule has 2 N–H and O–H groups in total. The largest absolute Gasteiger partial charge is 0.354 e. The van der Waals surface area contributed by atoms with Gasteiger partial charge >= 0.3 is 0 Å². The summed E-state index contributed by atoms with van der Waals surface area (Å²) in [4.78, 5) is 25.5. The van der Waals surface area contributed by atoms with Gasteiger partial charge in [0.1, 0.15) is 0 Å². The Kier molecular flexibility index (Phi) is 8.59. The number of carbonyl (C=O) groups excluding carboxylic acids is 1. The summed E-state index contributed by atoms with van der Waals surface area (Å²) in [5, 5.41) is 9.84. The molecule has 1 saturated heterocycles. The molecule has 1 aliphatic carbocycles. The minimum atomic E-state index is 0. The number of rotatable bonds is 5. The SMILES string of the molecule is CN=C(NCc1csc(N(C)C)n1)NC1CCN(C(=O)C2CCCC2)C1.I. The number of guanidine groups is 1. The molecule has 2 heterocycles. The molecule has 27 heavy (non-hydrogen) atoms. The smallest absolute Gasteiger partial charge is 0.225 e. The van der Waals surface area contributed by atoms with Crippen molar-refractivity contribution in [1.29, 1.82) is 0 Å². The lowest BCUT2D eigenvalue weighted by molar-refractivity contribution is -0.134. The molecule has 2 fully saturated rings. The first-order valence-corrected chi connectivity index (χ1v) is 10.3. The predicted molar refractivity (Wildman–Crippen MR) is 122 cm³/mol.